The van der Waals surface area contributed by atoms with E-state index in [-0.39, 0.29) is 0 Å². The molecule has 5 unspecified atom stereocenters. The largest absolute Gasteiger partial charge is 0.463 e. The van der Waals surface area contributed by atoms with Crippen molar-refractivity contribution in [1.29, 1.82) is 5.26 Å². The second kappa shape index (κ2) is 5.50. The van der Waals surface area contributed by atoms with Gasteiger partial charge in [-0.3, -0.25) is 0 Å². The van der Waals surface area contributed by atoms with Crippen molar-refractivity contribution in [3.63, 3.8) is 0 Å². The van der Waals surface area contributed by atoms with Crippen LogP contribution in [0, 0.1) is 28.6 Å². The van der Waals surface area contributed by atoms with E-state index in [9.17, 15) is 10.4 Å². The molecule has 2 saturated carbocycles. The van der Waals surface area contributed by atoms with Crippen LogP contribution < -0.4 is 0 Å². The van der Waals surface area contributed by atoms with Crippen LogP contribution in [0.25, 0.3) is 0 Å². The van der Waals surface area contributed by atoms with Crippen LogP contribution in [0.2, 0.25) is 0 Å². The molecule has 21 heavy (non-hydrogen) atoms. The minimum Gasteiger partial charge on any atom is -0.463 e. The van der Waals surface area contributed by atoms with Gasteiger partial charge >= 0.3 is 0 Å². The Hall–Kier alpha value is -1.27. The first kappa shape index (κ1) is 14.7. The summed E-state index contributed by atoms with van der Waals surface area (Å²) in [5.74, 6) is 3.31. The average molecular weight is 287 g/mol. The lowest BCUT2D eigenvalue weighted by Gasteiger charge is -2.38. The molecule has 114 valence electrons. The van der Waals surface area contributed by atoms with E-state index < -0.39 is 11.5 Å². The number of nitrogens with zero attached hydrogens (tertiary/aromatic N) is 1. The van der Waals surface area contributed by atoms with Gasteiger partial charge in [0.2, 0.25) is 0 Å². The van der Waals surface area contributed by atoms with Crippen molar-refractivity contribution in [3.8, 4) is 6.07 Å². The smallest absolute Gasteiger partial charge is 0.134 e. The van der Waals surface area contributed by atoms with Gasteiger partial charge < -0.3 is 9.52 Å². The van der Waals surface area contributed by atoms with Crippen molar-refractivity contribution in [2.45, 2.75) is 64.4 Å². The Morgan fingerprint density at radius 3 is 2.90 bits per heavy atom. The molecular formula is C18H25NO2. The first-order valence-electron chi connectivity index (χ1n) is 8.28. The molecule has 0 aromatic carbocycles. The van der Waals surface area contributed by atoms with Crippen LogP contribution in [-0.4, -0.2) is 5.11 Å². The monoisotopic (exact) mass is 287 g/mol. The number of furan rings is 1. The molecule has 1 heterocycles. The maximum absolute atomic E-state index is 10.8. The van der Waals surface area contributed by atoms with E-state index in [2.05, 4.69) is 19.9 Å². The summed E-state index contributed by atoms with van der Waals surface area (Å²) >= 11 is 0. The molecule has 3 rings (SSSR count). The Labute approximate surface area is 127 Å². The minimum atomic E-state index is -0.792. The fourth-order valence-corrected chi connectivity index (χ4v) is 3.89. The van der Waals surface area contributed by atoms with Gasteiger partial charge in [-0.2, -0.15) is 5.26 Å². The van der Waals surface area contributed by atoms with Crippen molar-refractivity contribution in [2.75, 3.05) is 0 Å². The first-order chi connectivity index (χ1) is 10.1. The second-order valence-electron chi connectivity index (χ2n) is 7.10. The number of hydrogen-bond donors (Lipinski definition) is 1. The topological polar surface area (TPSA) is 57.2 Å². The predicted octanol–water partition coefficient (Wildman–Crippen LogP) is 4.55. The van der Waals surface area contributed by atoms with Gasteiger partial charge in [-0.05, 0) is 43.2 Å². The van der Waals surface area contributed by atoms with Crippen molar-refractivity contribution >= 4 is 0 Å². The number of rotatable bonds is 4. The predicted molar refractivity (Wildman–Crippen MR) is 80.5 cm³/mol. The Balaban J connectivity index is 1.80. The summed E-state index contributed by atoms with van der Waals surface area (Å²) in [7, 11) is 0. The van der Waals surface area contributed by atoms with Crippen molar-refractivity contribution in [1.82, 2.24) is 0 Å². The summed E-state index contributed by atoms with van der Waals surface area (Å²) in [6, 6.07) is 6.29. The van der Waals surface area contributed by atoms with Crippen molar-refractivity contribution in [3.05, 3.63) is 23.7 Å². The minimum absolute atomic E-state index is 0.513. The molecular weight excluding hydrogens is 262 g/mol. The number of nitriles is 1. The van der Waals surface area contributed by atoms with Crippen LogP contribution in [0.4, 0.5) is 0 Å². The molecule has 3 nitrogen and oxygen atoms in total. The van der Waals surface area contributed by atoms with Gasteiger partial charge in [0.1, 0.15) is 17.6 Å². The van der Waals surface area contributed by atoms with Crippen LogP contribution in [0.3, 0.4) is 0 Å². The van der Waals surface area contributed by atoms with Gasteiger partial charge in [-0.25, -0.2) is 0 Å². The Bertz CT molecular complexity index is 544. The highest BCUT2D eigenvalue weighted by Gasteiger charge is 2.45. The molecule has 0 saturated heterocycles. The molecule has 3 heteroatoms. The summed E-state index contributed by atoms with van der Waals surface area (Å²) < 4.78 is 5.89. The maximum atomic E-state index is 10.8. The zero-order valence-electron chi connectivity index (χ0n) is 13.0. The lowest BCUT2D eigenvalue weighted by molar-refractivity contribution is 0.00369. The molecule has 1 aromatic rings. The first-order valence-corrected chi connectivity index (χ1v) is 8.28. The van der Waals surface area contributed by atoms with E-state index >= 15 is 0 Å². The highest BCUT2D eigenvalue weighted by molar-refractivity contribution is 5.22. The standard InChI is InChI=1S/C18H25NO2/c1-3-13-5-4-8-18(10-13,11-19)17(20)16-7-6-15(21-16)14-9-12(14)2/h6-7,12-14,17,20H,3-5,8-10H2,1-2H3. The van der Waals surface area contributed by atoms with Crippen LogP contribution in [-0.2, 0) is 0 Å². The van der Waals surface area contributed by atoms with Gasteiger partial charge in [0, 0.05) is 5.92 Å². The zero-order valence-corrected chi connectivity index (χ0v) is 13.0. The molecule has 0 bridgehead atoms. The number of aliphatic hydroxyl groups excluding tert-OH is 1. The van der Waals surface area contributed by atoms with Crippen LogP contribution >= 0.6 is 0 Å². The van der Waals surface area contributed by atoms with Crippen LogP contribution in [0.1, 0.15) is 75.9 Å². The summed E-state index contributed by atoms with van der Waals surface area (Å²) in [5, 5.41) is 20.5. The molecule has 2 fully saturated rings. The van der Waals surface area contributed by atoms with E-state index in [0.29, 0.717) is 23.5 Å². The quantitative estimate of drug-likeness (QED) is 0.884. The van der Waals surface area contributed by atoms with Gasteiger partial charge in [0.05, 0.1) is 11.5 Å². The van der Waals surface area contributed by atoms with E-state index in [1.165, 1.54) is 12.8 Å². The Morgan fingerprint density at radius 2 is 2.29 bits per heavy atom. The van der Waals surface area contributed by atoms with E-state index in [1.807, 2.05) is 12.1 Å². The molecule has 1 aromatic heterocycles. The second-order valence-corrected chi connectivity index (χ2v) is 7.10. The average Bonchev–Trinajstić information content (AvgIpc) is 3.05. The SMILES string of the molecule is CCC1CCCC(C#N)(C(O)c2ccc(C3CC3C)o2)C1. The highest BCUT2D eigenvalue weighted by atomic mass is 16.4. The number of aliphatic hydroxyl groups is 1. The fourth-order valence-electron chi connectivity index (χ4n) is 3.89. The maximum Gasteiger partial charge on any atom is 0.134 e. The van der Waals surface area contributed by atoms with Crippen molar-refractivity contribution in [2.24, 2.45) is 17.3 Å². The van der Waals surface area contributed by atoms with Gasteiger partial charge in [-0.15, -0.1) is 0 Å². The summed E-state index contributed by atoms with van der Waals surface area (Å²) in [5.41, 5.74) is -0.663. The normalized spacial score (nSPS) is 37.0. The van der Waals surface area contributed by atoms with E-state index in [4.69, 9.17) is 4.42 Å². The zero-order chi connectivity index (χ0) is 15.0. The summed E-state index contributed by atoms with van der Waals surface area (Å²) in [6.45, 7) is 4.39. The fraction of sp³-hybridized carbons (Fsp3) is 0.722. The third-order valence-electron chi connectivity index (χ3n) is 5.60. The van der Waals surface area contributed by atoms with Gasteiger partial charge in [-0.1, -0.05) is 33.1 Å². The number of hydrogen-bond acceptors (Lipinski definition) is 3. The summed E-state index contributed by atoms with van der Waals surface area (Å²) in [6.07, 6.45) is 5.23. The Morgan fingerprint density at radius 1 is 1.52 bits per heavy atom. The van der Waals surface area contributed by atoms with E-state index in [0.717, 1.165) is 31.4 Å². The molecule has 0 radical (unpaired) electrons. The lowest BCUT2D eigenvalue weighted by atomic mass is 9.66. The van der Waals surface area contributed by atoms with Crippen molar-refractivity contribution < 1.29 is 9.52 Å². The van der Waals surface area contributed by atoms with Crippen LogP contribution in [0.5, 0.6) is 0 Å². The third-order valence-corrected chi connectivity index (χ3v) is 5.60. The molecule has 2 aliphatic carbocycles. The molecule has 0 aliphatic heterocycles. The van der Waals surface area contributed by atoms with Crippen LogP contribution in [0.15, 0.2) is 16.5 Å². The molecule has 0 amide bonds. The van der Waals surface area contributed by atoms with E-state index in [1.54, 1.807) is 0 Å². The third kappa shape index (κ3) is 2.62. The lowest BCUT2D eigenvalue weighted by Crippen LogP contribution is -2.33. The molecule has 5 atom stereocenters. The molecule has 2 aliphatic rings. The van der Waals surface area contributed by atoms with Gasteiger partial charge in [0.15, 0.2) is 0 Å². The Kier molecular flexibility index (Phi) is 3.84. The molecule has 0 spiro atoms. The van der Waals surface area contributed by atoms with Gasteiger partial charge in [0.25, 0.3) is 0 Å². The highest BCUT2D eigenvalue weighted by Crippen LogP contribution is 2.51. The molecule has 1 N–H and O–H groups in total. The summed E-state index contributed by atoms with van der Waals surface area (Å²) in [4.78, 5) is 0.